The third-order valence-electron chi connectivity index (χ3n) is 5.33. The van der Waals surface area contributed by atoms with E-state index in [1.165, 1.54) is 18.4 Å². The standard InChI is InChI=1S/C19H28N2O2S/c1-23-17-8-3-2-7-16(17)19(9-4-5-10-19)15-20-18(22)21-11-6-13-24-14-12-21/h2-3,7-8H,4-6,9-15H2,1H3,(H,20,22). The van der Waals surface area contributed by atoms with E-state index in [9.17, 15) is 4.79 Å². The summed E-state index contributed by atoms with van der Waals surface area (Å²) in [5.74, 6) is 3.15. The molecule has 1 aromatic carbocycles. The minimum absolute atomic E-state index is 0.0167. The van der Waals surface area contributed by atoms with Crippen molar-refractivity contribution >= 4 is 17.8 Å². The molecule has 2 aliphatic rings. The fraction of sp³-hybridized carbons (Fsp3) is 0.632. The van der Waals surface area contributed by atoms with Crippen LogP contribution in [-0.4, -0.2) is 49.2 Å². The van der Waals surface area contributed by atoms with Gasteiger partial charge in [-0.2, -0.15) is 11.8 Å². The number of urea groups is 1. The van der Waals surface area contributed by atoms with Gasteiger partial charge in [-0.3, -0.25) is 0 Å². The lowest BCUT2D eigenvalue weighted by molar-refractivity contribution is 0.198. The van der Waals surface area contributed by atoms with Gasteiger partial charge < -0.3 is 15.0 Å². The molecule has 3 rings (SSSR count). The van der Waals surface area contributed by atoms with Crippen LogP contribution in [-0.2, 0) is 5.41 Å². The van der Waals surface area contributed by atoms with Gasteiger partial charge in [-0.15, -0.1) is 0 Å². The van der Waals surface area contributed by atoms with Gasteiger partial charge in [0, 0.05) is 36.4 Å². The summed E-state index contributed by atoms with van der Waals surface area (Å²) in [6.07, 6.45) is 5.76. The van der Waals surface area contributed by atoms with Gasteiger partial charge in [0.15, 0.2) is 0 Å². The molecule has 1 aliphatic heterocycles. The highest BCUT2D eigenvalue weighted by Gasteiger charge is 2.38. The van der Waals surface area contributed by atoms with E-state index in [2.05, 4.69) is 17.4 Å². The number of carbonyl (C=O) groups is 1. The summed E-state index contributed by atoms with van der Waals surface area (Å²) >= 11 is 1.94. The van der Waals surface area contributed by atoms with Crippen LogP contribution in [0.2, 0.25) is 0 Å². The molecule has 0 bridgehead atoms. The minimum Gasteiger partial charge on any atom is -0.496 e. The summed E-state index contributed by atoms with van der Waals surface area (Å²) < 4.78 is 5.60. The second-order valence-corrected chi connectivity index (χ2v) is 8.02. The SMILES string of the molecule is COc1ccccc1C1(CNC(=O)N2CCCSCC2)CCCC1. The molecule has 5 heteroatoms. The van der Waals surface area contributed by atoms with Crippen LogP contribution in [0.5, 0.6) is 5.75 Å². The lowest BCUT2D eigenvalue weighted by Crippen LogP contribution is -2.46. The van der Waals surface area contributed by atoms with E-state index in [0.29, 0.717) is 6.54 Å². The first-order valence-corrected chi connectivity index (χ1v) is 10.1. The molecular formula is C19H28N2O2S. The Hall–Kier alpha value is -1.36. The molecule has 1 saturated heterocycles. The molecule has 0 aromatic heterocycles. The quantitative estimate of drug-likeness (QED) is 0.903. The molecule has 2 amide bonds. The zero-order valence-corrected chi connectivity index (χ0v) is 15.4. The predicted octanol–water partition coefficient (Wildman–Crippen LogP) is 3.66. The monoisotopic (exact) mass is 348 g/mol. The van der Waals surface area contributed by atoms with Crippen molar-refractivity contribution in [3.05, 3.63) is 29.8 Å². The Morgan fingerprint density at radius 2 is 2.00 bits per heavy atom. The number of thioether (sulfide) groups is 1. The largest absolute Gasteiger partial charge is 0.496 e. The molecule has 1 N–H and O–H groups in total. The van der Waals surface area contributed by atoms with E-state index in [1.807, 2.05) is 28.8 Å². The Balaban J connectivity index is 1.71. The first-order chi connectivity index (χ1) is 11.7. The number of benzene rings is 1. The second-order valence-electron chi connectivity index (χ2n) is 6.80. The average Bonchev–Trinajstić information content (AvgIpc) is 2.94. The van der Waals surface area contributed by atoms with Gasteiger partial charge in [0.1, 0.15) is 5.75 Å². The summed E-state index contributed by atoms with van der Waals surface area (Å²) in [6, 6.07) is 8.38. The molecule has 0 unspecified atom stereocenters. The van der Waals surface area contributed by atoms with E-state index in [0.717, 1.165) is 49.6 Å². The van der Waals surface area contributed by atoms with Crippen molar-refractivity contribution < 1.29 is 9.53 Å². The van der Waals surface area contributed by atoms with Crippen molar-refractivity contribution in [2.24, 2.45) is 0 Å². The van der Waals surface area contributed by atoms with E-state index in [1.54, 1.807) is 7.11 Å². The van der Waals surface area contributed by atoms with E-state index < -0.39 is 0 Å². The van der Waals surface area contributed by atoms with Crippen LogP contribution in [0.25, 0.3) is 0 Å². The topological polar surface area (TPSA) is 41.6 Å². The van der Waals surface area contributed by atoms with E-state index >= 15 is 0 Å². The van der Waals surface area contributed by atoms with Crippen molar-refractivity contribution in [3.8, 4) is 5.75 Å². The number of rotatable bonds is 4. The number of para-hydroxylation sites is 1. The molecule has 1 heterocycles. The smallest absolute Gasteiger partial charge is 0.317 e. The summed E-state index contributed by atoms with van der Waals surface area (Å²) in [7, 11) is 1.73. The molecule has 4 nitrogen and oxygen atoms in total. The summed E-state index contributed by atoms with van der Waals surface area (Å²) in [5, 5.41) is 3.23. The fourth-order valence-electron chi connectivity index (χ4n) is 3.98. The van der Waals surface area contributed by atoms with Gasteiger partial charge in [0.05, 0.1) is 7.11 Å². The molecule has 1 saturated carbocycles. The number of hydrogen-bond acceptors (Lipinski definition) is 3. The van der Waals surface area contributed by atoms with Crippen LogP contribution >= 0.6 is 11.8 Å². The zero-order chi connectivity index (χ0) is 16.8. The molecule has 132 valence electrons. The minimum atomic E-state index is 0.0167. The van der Waals surface area contributed by atoms with E-state index in [4.69, 9.17) is 4.74 Å². The van der Waals surface area contributed by atoms with E-state index in [-0.39, 0.29) is 11.4 Å². The van der Waals surface area contributed by atoms with Crippen LogP contribution in [0.15, 0.2) is 24.3 Å². The highest BCUT2D eigenvalue weighted by atomic mass is 32.2. The van der Waals surface area contributed by atoms with Gasteiger partial charge >= 0.3 is 6.03 Å². The number of amides is 2. The molecule has 2 fully saturated rings. The van der Waals surface area contributed by atoms with Gasteiger partial charge in [0.25, 0.3) is 0 Å². The van der Waals surface area contributed by atoms with Crippen LogP contribution in [0.1, 0.15) is 37.7 Å². The summed E-state index contributed by atoms with van der Waals surface area (Å²) in [4.78, 5) is 14.6. The van der Waals surface area contributed by atoms with Gasteiger partial charge in [-0.05, 0) is 31.1 Å². The molecule has 0 spiro atoms. The maximum atomic E-state index is 12.6. The highest BCUT2D eigenvalue weighted by molar-refractivity contribution is 7.99. The van der Waals surface area contributed by atoms with Gasteiger partial charge in [0.2, 0.25) is 0 Å². The maximum Gasteiger partial charge on any atom is 0.317 e. The Labute approximate surface area is 149 Å². The van der Waals surface area contributed by atoms with Crippen LogP contribution in [0, 0.1) is 0 Å². The summed E-state index contributed by atoms with van der Waals surface area (Å²) in [6.45, 7) is 2.44. The Kier molecular flexibility index (Phi) is 5.93. The van der Waals surface area contributed by atoms with Crippen molar-refractivity contribution in [1.82, 2.24) is 10.2 Å². The first kappa shape index (κ1) is 17.5. The number of nitrogens with zero attached hydrogens (tertiary/aromatic N) is 1. The summed E-state index contributed by atoms with van der Waals surface area (Å²) in [5.41, 5.74) is 1.26. The van der Waals surface area contributed by atoms with Gasteiger partial charge in [-0.1, -0.05) is 31.0 Å². The normalized spacial score (nSPS) is 20.5. The molecule has 0 atom stereocenters. The highest BCUT2D eigenvalue weighted by Crippen LogP contribution is 2.44. The number of methoxy groups -OCH3 is 1. The Morgan fingerprint density at radius 1 is 1.21 bits per heavy atom. The molecule has 1 aliphatic carbocycles. The lowest BCUT2D eigenvalue weighted by atomic mass is 9.78. The van der Waals surface area contributed by atoms with Crippen molar-refractivity contribution in [2.75, 3.05) is 38.2 Å². The van der Waals surface area contributed by atoms with Crippen LogP contribution in [0.3, 0.4) is 0 Å². The molecule has 1 aromatic rings. The van der Waals surface area contributed by atoms with Crippen LogP contribution in [0.4, 0.5) is 4.79 Å². The number of carbonyl (C=O) groups excluding carboxylic acids is 1. The number of nitrogens with one attached hydrogen (secondary N) is 1. The van der Waals surface area contributed by atoms with Crippen molar-refractivity contribution in [2.45, 2.75) is 37.5 Å². The average molecular weight is 349 g/mol. The number of hydrogen-bond donors (Lipinski definition) is 1. The third-order valence-corrected chi connectivity index (χ3v) is 6.38. The van der Waals surface area contributed by atoms with Crippen LogP contribution < -0.4 is 10.1 Å². The zero-order valence-electron chi connectivity index (χ0n) is 14.6. The van der Waals surface area contributed by atoms with Gasteiger partial charge in [-0.25, -0.2) is 4.79 Å². The van der Waals surface area contributed by atoms with Crippen molar-refractivity contribution in [3.63, 3.8) is 0 Å². The maximum absolute atomic E-state index is 12.6. The number of ether oxygens (including phenoxy) is 1. The molecular weight excluding hydrogens is 320 g/mol. The second kappa shape index (κ2) is 8.15. The Bertz CT molecular complexity index is 550. The fourth-order valence-corrected chi connectivity index (χ4v) is 4.87. The Morgan fingerprint density at radius 3 is 2.79 bits per heavy atom. The predicted molar refractivity (Wildman–Crippen MR) is 100 cm³/mol. The third kappa shape index (κ3) is 3.82. The lowest BCUT2D eigenvalue weighted by Gasteiger charge is -2.32. The molecule has 24 heavy (non-hydrogen) atoms. The first-order valence-electron chi connectivity index (χ1n) is 8.99. The molecule has 0 radical (unpaired) electrons. The van der Waals surface area contributed by atoms with Crippen molar-refractivity contribution in [1.29, 1.82) is 0 Å².